The number of hydrogen-bond acceptors (Lipinski definition) is 2. The number of ether oxygens (including phenoxy) is 1. The Kier molecular flexibility index (Phi) is 5.13. The fourth-order valence-electron chi connectivity index (χ4n) is 1.80. The lowest BCUT2D eigenvalue weighted by Gasteiger charge is -2.10. The van der Waals surface area contributed by atoms with Crippen molar-refractivity contribution in [2.24, 2.45) is 0 Å². The normalized spacial score (nSPS) is 10.8. The van der Waals surface area contributed by atoms with Crippen LogP contribution in [0, 0.1) is 5.82 Å². The lowest BCUT2D eigenvalue weighted by Crippen LogP contribution is -2.21. The van der Waals surface area contributed by atoms with Gasteiger partial charge in [0.1, 0.15) is 6.61 Å². The van der Waals surface area contributed by atoms with Crippen molar-refractivity contribution >= 4 is 0 Å². The molecule has 2 aromatic rings. The fourth-order valence-corrected chi connectivity index (χ4v) is 1.80. The third-order valence-corrected chi connectivity index (χ3v) is 2.97. The average Bonchev–Trinajstić information content (AvgIpc) is 2.45. The largest absolute Gasteiger partial charge is 0.486 e. The Balaban J connectivity index is 1.89. The van der Waals surface area contributed by atoms with Crippen LogP contribution >= 0.6 is 0 Å². The monoisotopic (exact) mass is 273 g/mol. The van der Waals surface area contributed by atoms with E-state index in [1.807, 2.05) is 12.1 Å². The van der Waals surface area contributed by atoms with Gasteiger partial charge in [-0.15, -0.1) is 0 Å². The molecule has 0 unspecified atom stereocenters. The minimum atomic E-state index is -0.328. The Morgan fingerprint density at radius 2 is 1.65 bits per heavy atom. The maximum absolute atomic E-state index is 13.4. The van der Waals surface area contributed by atoms with Gasteiger partial charge in [0.15, 0.2) is 11.6 Å². The van der Waals surface area contributed by atoms with Gasteiger partial charge in [0.2, 0.25) is 0 Å². The SMILES string of the molecule is CC(C)NCc1ccc(COc2ccccc2F)cc1. The Morgan fingerprint density at radius 3 is 2.30 bits per heavy atom. The van der Waals surface area contributed by atoms with Gasteiger partial charge in [0.05, 0.1) is 0 Å². The standard InChI is InChI=1S/C17H20FNO/c1-13(2)19-11-14-7-9-15(10-8-14)12-20-17-6-4-3-5-16(17)18/h3-10,13,19H,11-12H2,1-2H3. The van der Waals surface area contributed by atoms with Crippen molar-refractivity contribution in [3.8, 4) is 5.75 Å². The van der Waals surface area contributed by atoms with E-state index in [9.17, 15) is 4.39 Å². The molecule has 0 heterocycles. The molecular formula is C17H20FNO. The molecule has 0 bridgehead atoms. The van der Waals surface area contributed by atoms with E-state index in [4.69, 9.17) is 4.74 Å². The minimum absolute atomic E-state index is 0.290. The van der Waals surface area contributed by atoms with Crippen LogP contribution in [0.4, 0.5) is 4.39 Å². The summed E-state index contributed by atoms with van der Waals surface area (Å²) in [6.45, 7) is 5.47. The lowest BCUT2D eigenvalue weighted by molar-refractivity contribution is 0.290. The molecule has 0 amide bonds. The third-order valence-electron chi connectivity index (χ3n) is 2.97. The first-order valence-electron chi connectivity index (χ1n) is 6.83. The van der Waals surface area contributed by atoms with E-state index in [0.717, 1.165) is 12.1 Å². The van der Waals surface area contributed by atoms with Crippen molar-refractivity contribution in [3.63, 3.8) is 0 Å². The van der Waals surface area contributed by atoms with Gasteiger partial charge < -0.3 is 10.1 Å². The molecule has 0 atom stereocenters. The zero-order chi connectivity index (χ0) is 14.4. The number of para-hydroxylation sites is 1. The molecule has 0 aliphatic carbocycles. The molecule has 0 aromatic heterocycles. The predicted octanol–water partition coefficient (Wildman–Crippen LogP) is 3.90. The number of hydrogen-bond donors (Lipinski definition) is 1. The van der Waals surface area contributed by atoms with Gasteiger partial charge in [0.25, 0.3) is 0 Å². The molecule has 0 spiro atoms. The van der Waals surface area contributed by atoms with E-state index < -0.39 is 0 Å². The molecule has 106 valence electrons. The zero-order valence-electron chi connectivity index (χ0n) is 11.9. The van der Waals surface area contributed by atoms with Gasteiger partial charge in [0, 0.05) is 12.6 Å². The third kappa shape index (κ3) is 4.35. The van der Waals surface area contributed by atoms with Gasteiger partial charge >= 0.3 is 0 Å². The van der Waals surface area contributed by atoms with Crippen LogP contribution in [0.5, 0.6) is 5.75 Å². The van der Waals surface area contributed by atoms with Crippen molar-refractivity contribution in [1.29, 1.82) is 0 Å². The van der Waals surface area contributed by atoms with Crippen molar-refractivity contribution in [1.82, 2.24) is 5.32 Å². The summed E-state index contributed by atoms with van der Waals surface area (Å²) >= 11 is 0. The zero-order valence-corrected chi connectivity index (χ0v) is 11.9. The van der Waals surface area contributed by atoms with Crippen molar-refractivity contribution < 1.29 is 9.13 Å². The highest BCUT2D eigenvalue weighted by Crippen LogP contribution is 2.17. The summed E-state index contributed by atoms with van der Waals surface area (Å²) in [6, 6.07) is 15.1. The molecule has 0 aliphatic heterocycles. The van der Waals surface area contributed by atoms with Gasteiger partial charge in [-0.1, -0.05) is 50.2 Å². The second-order valence-electron chi connectivity index (χ2n) is 5.07. The van der Waals surface area contributed by atoms with E-state index >= 15 is 0 Å². The maximum atomic E-state index is 13.4. The van der Waals surface area contributed by atoms with Crippen LogP contribution in [0.2, 0.25) is 0 Å². The van der Waals surface area contributed by atoms with Crippen LogP contribution < -0.4 is 10.1 Å². The Hall–Kier alpha value is -1.87. The molecule has 20 heavy (non-hydrogen) atoms. The summed E-state index contributed by atoms with van der Waals surface area (Å²) in [5.74, 6) is -0.0386. The van der Waals surface area contributed by atoms with Crippen LogP contribution in [-0.4, -0.2) is 6.04 Å². The van der Waals surface area contributed by atoms with Gasteiger partial charge in [-0.05, 0) is 23.3 Å². The molecule has 0 saturated carbocycles. The summed E-state index contributed by atoms with van der Waals surface area (Å²) in [6.07, 6.45) is 0. The van der Waals surface area contributed by atoms with Crippen LogP contribution in [-0.2, 0) is 13.2 Å². The summed E-state index contributed by atoms with van der Waals surface area (Å²) in [5, 5.41) is 3.37. The van der Waals surface area contributed by atoms with E-state index in [2.05, 4.69) is 31.3 Å². The first-order valence-corrected chi connectivity index (χ1v) is 6.83. The van der Waals surface area contributed by atoms with Crippen LogP contribution in [0.3, 0.4) is 0 Å². The van der Waals surface area contributed by atoms with E-state index in [1.54, 1.807) is 18.2 Å². The summed E-state index contributed by atoms with van der Waals surface area (Å²) in [4.78, 5) is 0. The molecule has 2 rings (SSSR count). The first-order chi connectivity index (χ1) is 9.65. The second kappa shape index (κ2) is 7.06. The fraction of sp³-hybridized carbons (Fsp3) is 0.294. The van der Waals surface area contributed by atoms with Gasteiger partial charge in [-0.25, -0.2) is 4.39 Å². The smallest absolute Gasteiger partial charge is 0.165 e. The minimum Gasteiger partial charge on any atom is -0.486 e. The number of benzene rings is 2. The molecule has 0 aliphatic rings. The first kappa shape index (κ1) is 14.5. The van der Waals surface area contributed by atoms with Crippen LogP contribution in [0.25, 0.3) is 0 Å². The molecule has 2 nitrogen and oxygen atoms in total. The van der Waals surface area contributed by atoms with Gasteiger partial charge in [-0.2, -0.15) is 0 Å². The Labute approximate surface area is 119 Å². The van der Waals surface area contributed by atoms with E-state index in [1.165, 1.54) is 11.6 Å². The van der Waals surface area contributed by atoms with Crippen LogP contribution in [0.15, 0.2) is 48.5 Å². The number of rotatable bonds is 6. The molecule has 2 aromatic carbocycles. The molecule has 0 saturated heterocycles. The maximum Gasteiger partial charge on any atom is 0.165 e. The summed E-state index contributed by atoms with van der Waals surface area (Å²) in [5.41, 5.74) is 2.26. The van der Waals surface area contributed by atoms with Crippen molar-refractivity contribution in [2.75, 3.05) is 0 Å². The molecule has 0 fully saturated rings. The van der Waals surface area contributed by atoms with E-state index in [-0.39, 0.29) is 11.6 Å². The highest BCUT2D eigenvalue weighted by molar-refractivity contribution is 5.26. The molecular weight excluding hydrogens is 253 g/mol. The predicted molar refractivity (Wildman–Crippen MR) is 79.1 cm³/mol. The molecule has 3 heteroatoms. The quantitative estimate of drug-likeness (QED) is 0.861. The molecule has 1 N–H and O–H groups in total. The Morgan fingerprint density at radius 1 is 1.00 bits per heavy atom. The van der Waals surface area contributed by atoms with Crippen LogP contribution in [0.1, 0.15) is 25.0 Å². The number of halogens is 1. The van der Waals surface area contributed by atoms with E-state index in [0.29, 0.717) is 12.6 Å². The highest BCUT2D eigenvalue weighted by atomic mass is 19.1. The lowest BCUT2D eigenvalue weighted by atomic mass is 10.1. The summed E-state index contributed by atoms with van der Waals surface area (Å²) < 4.78 is 18.9. The van der Waals surface area contributed by atoms with Crippen molar-refractivity contribution in [2.45, 2.75) is 33.0 Å². The van der Waals surface area contributed by atoms with Crippen molar-refractivity contribution in [3.05, 3.63) is 65.5 Å². The highest BCUT2D eigenvalue weighted by Gasteiger charge is 2.02. The van der Waals surface area contributed by atoms with Gasteiger partial charge in [-0.3, -0.25) is 0 Å². The number of nitrogens with one attached hydrogen (secondary N) is 1. The topological polar surface area (TPSA) is 21.3 Å². The molecule has 0 radical (unpaired) electrons. The average molecular weight is 273 g/mol. The Bertz CT molecular complexity index is 537. The summed E-state index contributed by atoms with van der Waals surface area (Å²) in [7, 11) is 0. The second-order valence-corrected chi connectivity index (χ2v) is 5.07.